The minimum absolute atomic E-state index is 0.00687. The van der Waals surface area contributed by atoms with Gasteiger partial charge in [0.25, 0.3) is 0 Å². The lowest BCUT2D eigenvalue weighted by atomic mass is 10.3. The topological polar surface area (TPSA) is 33.0 Å². The third-order valence-electron chi connectivity index (χ3n) is 0.843. The molecule has 0 aromatic heterocycles. The van der Waals surface area contributed by atoms with E-state index in [2.05, 4.69) is 4.74 Å². The highest BCUT2D eigenvalue weighted by atomic mass is 19.4. The van der Waals surface area contributed by atoms with Gasteiger partial charge in [-0.2, -0.15) is 18.4 Å². The molecule has 0 rings (SSSR count). The molecule has 0 saturated carbocycles. The monoisotopic (exact) mass is 167 g/mol. The van der Waals surface area contributed by atoms with Crippen LogP contribution in [-0.4, -0.2) is 19.4 Å². The van der Waals surface area contributed by atoms with Gasteiger partial charge in [0.05, 0.1) is 6.07 Å². The maximum Gasteiger partial charge on any atom is 0.411 e. The molecule has 64 valence electrons. The van der Waals surface area contributed by atoms with Crippen LogP contribution in [0.5, 0.6) is 0 Å². The van der Waals surface area contributed by atoms with Crippen molar-refractivity contribution in [2.24, 2.45) is 0 Å². The van der Waals surface area contributed by atoms with E-state index in [4.69, 9.17) is 5.26 Å². The summed E-state index contributed by atoms with van der Waals surface area (Å²) >= 11 is 0. The van der Waals surface area contributed by atoms with Crippen molar-refractivity contribution in [3.05, 3.63) is 0 Å². The highest BCUT2D eigenvalue weighted by Crippen LogP contribution is 2.14. The summed E-state index contributed by atoms with van der Waals surface area (Å²) in [5, 5.41) is 8.00. The molecule has 5 heteroatoms. The normalized spacial score (nSPS) is 11.1. The Morgan fingerprint density at radius 1 is 1.36 bits per heavy atom. The van der Waals surface area contributed by atoms with E-state index in [9.17, 15) is 13.2 Å². The first-order chi connectivity index (χ1) is 5.06. The maximum absolute atomic E-state index is 11.4. The van der Waals surface area contributed by atoms with Crippen LogP contribution in [0.2, 0.25) is 0 Å². The van der Waals surface area contributed by atoms with E-state index in [0.717, 1.165) is 0 Å². The fourth-order valence-electron chi connectivity index (χ4n) is 0.441. The van der Waals surface area contributed by atoms with E-state index >= 15 is 0 Å². The zero-order valence-corrected chi connectivity index (χ0v) is 5.82. The fourth-order valence-corrected chi connectivity index (χ4v) is 0.441. The number of nitriles is 1. The molecule has 0 aliphatic carbocycles. The van der Waals surface area contributed by atoms with Gasteiger partial charge in [0, 0.05) is 13.0 Å². The molecular weight excluding hydrogens is 159 g/mol. The molecule has 0 radical (unpaired) electrons. The first-order valence-corrected chi connectivity index (χ1v) is 3.08. The van der Waals surface area contributed by atoms with Gasteiger partial charge in [-0.15, -0.1) is 0 Å². The van der Waals surface area contributed by atoms with Gasteiger partial charge in [0.1, 0.15) is 6.61 Å². The van der Waals surface area contributed by atoms with Crippen molar-refractivity contribution in [1.29, 1.82) is 5.26 Å². The SMILES string of the molecule is N#CCCCOCC(F)(F)F. The van der Waals surface area contributed by atoms with E-state index in [-0.39, 0.29) is 13.0 Å². The van der Waals surface area contributed by atoms with Gasteiger partial charge in [-0.1, -0.05) is 0 Å². The molecule has 0 unspecified atom stereocenters. The van der Waals surface area contributed by atoms with Crippen molar-refractivity contribution < 1.29 is 17.9 Å². The first kappa shape index (κ1) is 10.2. The number of nitrogens with zero attached hydrogens (tertiary/aromatic N) is 1. The van der Waals surface area contributed by atoms with Crippen LogP contribution in [-0.2, 0) is 4.74 Å². The van der Waals surface area contributed by atoms with Crippen molar-refractivity contribution in [2.45, 2.75) is 19.0 Å². The molecule has 0 aliphatic rings. The third-order valence-corrected chi connectivity index (χ3v) is 0.843. The van der Waals surface area contributed by atoms with Crippen LogP contribution in [0.1, 0.15) is 12.8 Å². The fraction of sp³-hybridized carbons (Fsp3) is 0.833. The molecule has 11 heavy (non-hydrogen) atoms. The Morgan fingerprint density at radius 3 is 2.45 bits per heavy atom. The van der Waals surface area contributed by atoms with E-state index in [1.165, 1.54) is 0 Å². The Labute approximate surface area is 62.6 Å². The van der Waals surface area contributed by atoms with Crippen LogP contribution in [0.3, 0.4) is 0 Å². The van der Waals surface area contributed by atoms with Crippen molar-refractivity contribution in [3.8, 4) is 6.07 Å². The summed E-state index contributed by atoms with van der Waals surface area (Å²) < 4.78 is 38.3. The number of unbranched alkanes of at least 4 members (excludes halogenated alkanes) is 1. The number of hydrogen-bond acceptors (Lipinski definition) is 2. The Morgan fingerprint density at radius 2 is 2.00 bits per heavy atom. The van der Waals surface area contributed by atoms with Crippen LogP contribution < -0.4 is 0 Å². The highest BCUT2D eigenvalue weighted by molar-refractivity contribution is 4.67. The lowest BCUT2D eigenvalue weighted by Crippen LogP contribution is -2.17. The average Bonchev–Trinajstić information content (AvgIpc) is 1.85. The molecule has 0 bridgehead atoms. The minimum Gasteiger partial charge on any atom is -0.372 e. The summed E-state index contributed by atoms with van der Waals surface area (Å²) in [5.74, 6) is 0. The highest BCUT2D eigenvalue weighted by Gasteiger charge is 2.26. The van der Waals surface area contributed by atoms with E-state index in [1.54, 1.807) is 6.07 Å². The Hall–Kier alpha value is -0.760. The van der Waals surface area contributed by atoms with Crippen molar-refractivity contribution >= 4 is 0 Å². The van der Waals surface area contributed by atoms with Gasteiger partial charge in [-0.25, -0.2) is 0 Å². The molecule has 0 aromatic rings. The molecule has 0 fully saturated rings. The van der Waals surface area contributed by atoms with E-state index in [0.29, 0.717) is 6.42 Å². The zero-order chi connectivity index (χ0) is 8.74. The number of alkyl halides is 3. The smallest absolute Gasteiger partial charge is 0.372 e. The summed E-state index contributed by atoms with van der Waals surface area (Å²) in [6.45, 7) is -1.23. The molecule has 0 amide bonds. The predicted molar refractivity (Wildman–Crippen MR) is 31.7 cm³/mol. The molecular formula is C6H8F3NO. The van der Waals surface area contributed by atoms with E-state index in [1.807, 2.05) is 0 Å². The molecule has 0 N–H and O–H groups in total. The summed E-state index contributed by atoms with van der Waals surface area (Å²) in [6, 6.07) is 1.80. The quantitative estimate of drug-likeness (QED) is 0.599. The lowest BCUT2D eigenvalue weighted by Gasteiger charge is -2.05. The molecule has 0 aromatic carbocycles. The Bertz CT molecular complexity index is 138. The van der Waals surface area contributed by atoms with Gasteiger partial charge in [0.15, 0.2) is 0 Å². The van der Waals surface area contributed by atoms with Crippen LogP contribution in [0.15, 0.2) is 0 Å². The van der Waals surface area contributed by atoms with Gasteiger partial charge >= 0.3 is 6.18 Å². The third kappa shape index (κ3) is 9.24. The van der Waals surface area contributed by atoms with Crippen LogP contribution in [0.4, 0.5) is 13.2 Å². The zero-order valence-electron chi connectivity index (χ0n) is 5.82. The van der Waals surface area contributed by atoms with Gasteiger partial charge < -0.3 is 4.74 Å². The molecule has 0 spiro atoms. The van der Waals surface area contributed by atoms with Crippen LogP contribution in [0, 0.1) is 11.3 Å². The van der Waals surface area contributed by atoms with E-state index < -0.39 is 12.8 Å². The first-order valence-electron chi connectivity index (χ1n) is 3.08. The second-order valence-corrected chi connectivity index (χ2v) is 1.93. The molecule has 0 heterocycles. The number of rotatable bonds is 4. The second kappa shape index (κ2) is 4.97. The number of halogens is 3. The Balaban J connectivity index is 3.10. The number of ether oxygens (including phenoxy) is 1. The van der Waals surface area contributed by atoms with Gasteiger partial charge in [0.2, 0.25) is 0 Å². The maximum atomic E-state index is 11.4. The van der Waals surface area contributed by atoms with Crippen molar-refractivity contribution in [2.75, 3.05) is 13.2 Å². The van der Waals surface area contributed by atoms with Gasteiger partial charge in [-0.3, -0.25) is 0 Å². The summed E-state index contributed by atoms with van der Waals surface area (Å²) in [5.41, 5.74) is 0. The molecule has 0 saturated heterocycles. The summed E-state index contributed by atoms with van der Waals surface area (Å²) in [4.78, 5) is 0. The Kier molecular flexibility index (Phi) is 4.62. The second-order valence-electron chi connectivity index (χ2n) is 1.93. The average molecular weight is 167 g/mol. The van der Waals surface area contributed by atoms with Crippen molar-refractivity contribution in [3.63, 3.8) is 0 Å². The van der Waals surface area contributed by atoms with Crippen LogP contribution >= 0.6 is 0 Å². The number of hydrogen-bond donors (Lipinski definition) is 0. The summed E-state index contributed by atoms with van der Waals surface area (Å²) in [6.07, 6.45) is -3.67. The summed E-state index contributed by atoms with van der Waals surface area (Å²) in [7, 11) is 0. The minimum atomic E-state index is -4.26. The van der Waals surface area contributed by atoms with Crippen LogP contribution in [0.25, 0.3) is 0 Å². The molecule has 0 aliphatic heterocycles. The standard InChI is InChI=1S/C6H8F3NO/c7-6(8,9)5-11-4-2-1-3-10/h1-2,4-5H2. The van der Waals surface area contributed by atoms with Crippen molar-refractivity contribution in [1.82, 2.24) is 0 Å². The predicted octanol–water partition coefficient (Wildman–Crippen LogP) is 1.87. The molecule has 2 nitrogen and oxygen atoms in total. The molecule has 0 atom stereocenters. The van der Waals surface area contributed by atoms with Gasteiger partial charge in [-0.05, 0) is 6.42 Å². The lowest BCUT2D eigenvalue weighted by molar-refractivity contribution is -0.173. The largest absolute Gasteiger partial charge is 0.411 e.